The third-order valence-electron chi connectivity index (χ3n) is 2.81. The highest BCUT2D eigenvalue weighted by molar-refractivity contribution is 7.90. The van der Waals surface area contributed by atoms with Crippen molar-refractivity contribution in [2.45, 2.75) is 50.8 Å². The van der Waals surface area contributed by atoms with E-state index in [-0.39, 0.29) is 5.25 Å². The SMILES string of the molecule is CC(C)S(=O)(=O)NCC1CCCCCN1. The average Bonchev–Trinajstić information content (AvgIpc) is 2.42. The van der Waals surface area contributed by atoms with E-state index in [9.17, 15) is 8.42 Å². The number of hydrogen-bond donors (Lipinski definition) is 2. The maximum atomic E-state index is 11.5. The van der Waals surface area contributed by atoms with Crippen LogP contribution in [0.5, 0.6) is 0 Å². The van der Waals surface area contributed by atoms with Crippen molar-refractivity contribution in [2.24, 2.45) is 0 Å². The minimum Gasteiger partial charge on any atom is -0.313 e. The molecule has 1 aliphatic rings. The van der Waals surface area contributed by atoms with Gasteiger partial charge in [-0.2, -0.15) is 0 Å². The fraction of sp³-hybridized carbons (Fsp3) is 1.00. The lowest BCUT2D eigenvalue weighted by atomic mass is 10.1. The standard InChI is InChI=1S/C10H22N2O2S/c1-9(2)15(13,14)12-8-10-6-4-3-5-7-11-10/h9-12H,3-8H2,1-2H3. The zero-order valence-electron chi connectivity index (χ0n) is 9.62. The molecule has 1 fully saturated rings. The van der Waals surface area contributed by atoms with Crippen LogP contribution in [-0.4, -0.2) is 32.8 Å². The molecule has 15 heavy (non-hydrogen) atoms. The summed E-state index contributed by atoms with van der Waals surface area (Å²) in [6, 6.07) is 0.307. The molecule has 1 unspecified atom stereocenters. The van der Waals surface area contributed by atoms with Crippen LogP contribution in [0, 0.1) is 0 Å². The Morgan fingerprint density at radius 1 is 1.33 bits per heavy atom. The van der Waals surface area contributed by atoms with Gasteiger partial charge in [-0.1, -0.05) is 12.8 Å². The quantitative estimate of drug-likeness (QED) is 0.758. The van der Waals surface area contributed by atoms with Crippen LogP contribution in [0.15, 0.2) is 0 Å². The van der Waals surface area contributed by atoms with E-state index in [1.54, 1.807) is 13.8 Å². The molecule has 1 atom stereocenters. The van der Waals surface area contributed by atoms with Gasteiger partial charge >= 0.3 is 0 Å². The summed E-state index contributed by atoms with van der Waals surface area (Å²) in [4.78, 5) is 0. The van der Waals surface area contributed by atoms with Gasteiger partial charge in [-0.3, -0.25) is 0 Å². The van der Waals surface area contributed by atoms with Crippen LogP contribution in [0.2, 0.25) is 0 Å². The van der Waals surface area contributed by atoms with Crippen LogP contribution in [0.4, 0.5) is 0 Å². The van der Waals surface area contributed by atoms with Crippen LogP contribution >= 0.6 is 0 Å². The van der Waals surface area contributed by atoms with Gasteiger partial charge in [0.1, 0.15) is 0 Å². The second kappa shape index (κ2) is 5.82. The predicted octanol–water partition coefficient (Wildman–Crippen LogP) is 0.846. The van der Waals surface area contributed by atoms with E-state index in [0.29, 0.717) is 12.6 Å². The molecule has 0 bridgehead atoms. The van der Waals surface area contributed by atoms with E-state index in [1.807, 2.05) is 0 Å². The minimum absolute atomic E-state index is 0.307. The molecule has 0 saturated carbocycles. The molecular formula is C10H22N2O2S. The molecule has 5 heteroatoms. The monoisotopic (exact) mass is 234 g/mol. The molecular weight excluding hydrogens is 212 g/mol. The number of rotatable bonds is 4. The first-order chi connectivity index (χ1) is 7.02. The molecule has 1 aliphatic heterocycles. The average molecular weight is 234 g/mol. The lowest BCUT2D eigenvalue weighted by molar-refractivity contribution is 0.493. The molecule has 0 radical (unpaired) electrons. The molecule has 0 aliphatic carbocycles. The smallest absolute Gasteiger partial charge is 0.213 e. The summed E-state index contributed by atoms with van der Waals surface area (Å²) in [6.07, 6.45) is 4.72. The molecule has 4 nitrogen and oxygen atoms in total. The zero-order chi connectivity index (χ0) is 11.3. The van der Waals surface area contributed by atoms with Gasteiger partial charge in [0.15, 0.2) is 0 Å². The second-order valence-electron chi connectivity index (χ2n) is 4.44. The Kier molecular flexibility index (Phi) is 5.02. The third kappa shape index (κ3) is 4.49. The lowest BCUT2D eigenvalue weighted by Crippen LogP contribution is -2.42. The highest BCUT2D eigenvalue weighted by Crippen LogP contribution is 2.08. The fourth-order valence-electron chi connectivity index (χ4n) is 1.66. The Bertz CT molecular complexity index is 267. The van der Waals surface area contributed by atoms with Gasteiger partial charge < -0.3 is 5.32 Å². The van der Waals surface area contributed by atoms with Crippen LogP contribution in [0.1, 0.15) is 39.5 Å². The van der Waals surface area contributed by atoms with Crippen molar-refractivity contribution in [3.8, 4) is 0 Å². The summed E-state index contributed by atoms with van der Waals surface area (Å²) < 4.78 is 25.7. The van der Waals surface area contributed by atoms with Gasteiger partial charge in [0, 0.05) is 12.6 Å². The van der Waals surface area contributed by atoms with Crippen molar-refractivity contribution in [3.63, 3.8) is 0 Å². The van der Waals surface area contributed by atoms with Crippen LogP contribution in [0.3, 0.4) is 0 Å². The molecule has 1 rings (SSSR count). The summed E-state index contributed by atoms with van der Waals surface area (Å²) in [5.41, 5.74) is 0. The van der Waals surface area contributed by atoms with Gasteiger partial charge in [0.25, 0.3) is 0 Å². The molecule has 0 aromatic rings. The van der Waals surface area contributed by atoms with Crippen molar-refractivity contribution in [3.05, 3.63) is 0 Å². The van der Waals surface area contributed by atoms with E-state index in [0.717, 1.165) is 13.0 Å². The van der Waals surface area contributed by atoms with E-state index < -0.39 is 10.0 Å². The maximum absolute atomic E-state index is 11.5. The molecule has 0 spiro atoms. The molecule has 1 heterocycles. The Balaban J connectivity index is 2.35. The van der Waals surface area contributed by atoms with Gasteiger partial charge in [-0.05, 0) is 33.2 Å². The zero-order valence-corrected chi connectivity index (χ0v) is 10.4. The van der Waals surface area contributed by atoms with Crippen LogP contribution in [0.25, 0.3) is 0 Å². The van der Waals surface area contributed by atoms with E-state index in [4.69, 9.17) is 0 Å². The van der Waals surface area contributed by atoms with Gasteiger partial charge in [-0.15, -0.1) is 0 Å². The van der Waals surface area contributed by atoms with Crippen molar-refractivity contribution < 1.29 is 8.42 Å². The van der Waals surface area contributed by atoms with E-state index in [1.165, 1.54) is 19.3 Å². The Hall–Kier alpha value is -0.130. The Labute approximate surface area is 92.9 Å². The summed E-state index contributed by atoms with van der Waals surface area (Å²) in [7, 11) is -3.10. The molecule has 0 amide bonds. The van der Waals surface area contributed by atoms with Crippen molar-refractivity contribution in [2.75, 3.05) is 13.1 Å². The number of hydrogen-bond acceptors (Lipinski definition) is 3. The van der Waals surface area contributed by atoms with E-state index >= 15 is 0 Å². The normalized spacial score (nSPS) is 24.1. The lowest BCUT2D eigenvalue weighted by Gasteiger charge is -2.17. The van der Waals surface area contributed by atoms with Crippen molar-refractivity contribution >= 4 is 10.0 Å². The Morgan fingerprint density at radius 3 is 2.73 bits per heavy atom. The number of sulfonamides is 1. The topological polar surface area (TPSA) is 58.2 Å². The van der Waals surface area contributed by atoms with Crippen molar-refractivity contribution in [1.82, 2.24) is 10.0 Å². The van der Waals surface area contributed by atoms with Gasteiger partial charge in [0.2, 0.25) is 10.0 Å². The summed E-state index contributed by atoms with van der Waals surface area (Å²) in [6.45, 7) is 4.93. The third-order valence-corrected chi connectivity index (χ3v) is 4.62. The Morgan fingerprint density at radius 2 is 2.07 bits per heavy atom. The first-order valence-corrected chi connectivity index (χ1v) is 7.29. The van der Waals surface area contributed by atoms with Gasteiger partial charge in [0.05, 0.1) is 5.25 Å². The molecule has 0 aromatic heterocycles. The minimum atomic E-state index is -3.10. The predicted molar refractivity (Wildman–Crippen MR) is 62.3 cm³/mol. The van der Waals surface area contributed by atoms with Crippen LogP contribution in [-0.2, 0) is 10.0 Å². The summed E-state index contributed by atoms with van der Waals surface area (Å²) in [5.74, 6) is 0. The largest absolute Gasteiger partial charge is 0.313 e. The van der Waals surface area contributed by atoms with E-state index in [2.05, 4.69) is 10.0 Å². The second-order valence-corrected chi connectivity index (χ2v) is 6.76. The van der Waals surface area contributed by atoms with Crippen molar-refractivity contribution in [1.29, 1.82) is 0 Å². The maximum Gasteiger partial charge on any atom is 0.213 e. The first-order valence-electron chi connectivity index (χ1n) is 5.74. The molecule has 2 N–H and O–H groups in total. The highest BCUT2D eigenvalue weighted by Gasteiger charge is 2.18. The molecule has 90 valence electrons. The first kappa shape index (κ1) is 12.9. The molecule has 1 saturated heterocycles. The highest BCUT2D eigenvalue weighted by atomic mass is 32.2. The molecule has 0 aromatic carbocycles. The summed E-state index contributed by atoms with van der Waals surface area (Å²) >= 11 is 0. The van der Waals surface area contributed by atoms with Crippen LogP contribution < -0.4 is 10.0 Å². The van der Waals surface area contributed by atoms with Gasteiger partial charge in [-0.25, -0.2) is 13.1 Å². The number of nitrogens with one attached hydrogen (secondary N) is 2. The fourth-order valence-corrected chi connectivity index (χ4v) is 2.43. The summed E-state index contributed by atoms with van der Waals surface area (Å²) in [5, 5.41) is 3.02.